The van der Waals surface area contributed by atoms with Crippen LogP contribution in [0, 0.1) is 0 Å². The zero-order valence-corrected chi connectivity index (χ0v) is 15.3. The number of halogens is 2. The Balaban J connectivity index is 1.91. The normalized spacial score (nSPS) is 11.8. The number of hydrogen-bond donors (Lipinski definition) is 2. The first kappa shape index (κ1) is 18.6. The molecule has 1 aromatic carbocycles. The van der Waals surface area contributed by atoms with Crippen LogP contribution in [0.15, 0.2) is 36.5 Å². The predicted octanol–water partition coefficient (Wildman–Crippen LogP) is 4.57. The Morgan fingerprint density at radius 1 is 1.25 bits per heavy atom. The first-order valence-electron chi connectivity index (χ1n) is 7.94. The summed E-state index contributed by atoms with van der Waals surface area (Å²) in [4.78, 5) is 16.4. The van der Waals surface area contributed by atoms with E-state index in [2.05, 4.69) is 29.5 Å². The number of pyridine rings is 1. The third-order valence-electron chi connectivity index (χ3n) is 3.71. The molecule has 1 amide bonds. The van der Waals surface area contributed by atoms with Gasteiger partial charge in [0.25, 0.3) is 5.91 Å². The molecule has 0 spiro atoms. The summed E-state index contributed by atoms with van der Waals surface area (Å²) in [7, 11) is 0. The first-order chi connectivity index (χ1) is 11.5. The van der Waals surface area contributed by atoms with E-state index in [1.165, 1.54) is 0 Å². The monoisotopic (exact) mass is 365 g/mol. The summed E-state index contributed by atoms with van der Waals surface area (Å²) in [6.45, 7) is 4.68. The Kier molecular flexibility index (Phi) is 6.88. The van der Waals surface area contributed by atoms with E-state index < -0.39 is 0 Å². The Labute approximate surface area is 152 Å². The highest BCUT2D eigenvalue weighted by atomic mass is 35.5. The number of amides is 1. The summed E-state index contributed by atoms with van der Waals surface area (Å²) in [5.41, 5.74) is 2.23. The molecule has 0 saturated heterocycles. The van der Waals surface area contributed by atoms with E-state index in [1.54, 1.807) is 24.4 Å². The standard InChI is InChI=1S/C18H21Cl2N3O/c1-3-12(2)23-15-7-9-21-17(11-15)18(24)22-8-6-13-4-5-14(19)10-16(13)20/h4-5,7,9-12H,3,6,8H2,1-2H3,(H,21,23)(H,22,24). The molecule has 2 N–H and O–H groups in total. The van der Waals surface area contributed by atoms with Crippen molar-refractivity contribution in [1.29, 1.82) is 0 Å². The van der Waals surface area contributed by atoms with Gasteiger partial charge in [0.1, 0.15) is 5.69 Å². The van der Waals surface area contributed by atoms with Crippen LogP contribution >= 0.6 is 23.2 Å². The van der Waals surface area contributed by atoms with Gasteiger partial charge in [0.2, 0.25) is 0 Å². The molecule has 0 aliphatic carbocycles. The number of hydrogen-bond acceptors (Lipinski definition) is 3. The molecular weight excluding hydrogens is 345 g/mol. The SMILES string of the molecule is CCC(C)Nc1ccnc(C(=O)NCCc2ccc(Cl)cc2Cl)c1. The van der Waals surface area contributed by atoms with Crippen molar-refractivity contribution in [1.82, 2.24) is 10.3 Å². The van der Waals surface area contributed by atoms with Gasteiger partial charge in [-0.2, -0.15) is 0 Å². The van der Waals surface area contributed by atoms with E-state index in [9.17, 15) is 4.79 Å². The van der Waals surface area contributed by atoms with E-state index in [1.807, 2.05) is 12.1 Å². The summed E-state index contributed by atoms with van der Waals surface area (Å²) in [5, 5.41) is 7.40. The lowest BCUT2D eigenvalue weighted by atomic mass is 10.1. The van der Waals surface area contributed by atoms with Crippen LogP contribution in [0.2, 0.25) is 10.0 Å². The maximum absolute atomic E-state index is 12.2. The topological polar surface area (TPSA) is 54.0 Å². The summed E-state index contributed by atoms with van der Waals surface area (Å²) < 4.78 is 0. The molecule has 0 aliphatic heterocycles. The summed E-state index contributed by atoms with van der Waals surface area (Å²) in [5.74, 6) is -0.201. The lowest BCUT2D eigenvalue weighted by Gasteiger charge is -2.13. The average Bonchev–Trinajstić information content (AvgIpc) is 2.56. The number of nitrogens with one attached hydrogen (secondary N) is 2. The largest absolute Gasteiger partial charge is 0.382 e. The van der Waals surface area contributed by atoms with Crippen molar-refractivity contribution in [3.05, 3.63) is 57.8 Å². The van der Waals surface area contributed by atoms with E-state index in [0.717, 1.165) is 17.7 Å². The number of aromatic nitrogens is 1. The van der Waals surface area contributed by atoms with Crippen LogP contribution in [0.1, 0.15) is 36.3 Å². The van der Waals surface area contributed by atoms with Crippen molar-refractivity contribution in [3.63, 3.8) is 0 Å². The lowest BCUT2D eigenvalue weighted by Crippen LogP contribution is -2.26. The van der Waals surface area contributed by atoms with E-state index in [4.69, 9.17) is 23.2 Å². The Hall–Kier alpha value is -1.78. The number of benzene rings is 1. The van der Waals surface area contributed by atoms with Gasteiger partial charge in [0.15, 0.2) is 0 Å². The smallest absolute Gasteiger partial charge is 0.269 e. The molecule has 1 aromatic heterocycles. The molecule has 24 heavy (non-hydrogen) atoms. The molecule has 0 aliphatic rings. The van der Waals surface area contributed by atoms with Crippen molar-refractivity contribution in [2.24, 2.45) is 0 Å². The number of carbonyl (C=O) groups is 1. The van der Waals surface area contributed by atoms with Crippen molar-refractivity contribution >= 4 is 34.8 Å². The molecule has 0 radical (unpaired) electrons. The molecule has 2 aromatic rings. The summed E-state index contributed by atoms with van der Waals surface area (Å²) >= 11 is 12.0. The lowest BCUT2D eigenvalue weighted by molar-refractivity contribution is 0.0949. The fourth-order valence-electron chi connectivity index (χ4n) is 2.16. The van der Waals surface area contributed by atoms with Crippen LogP contribution in [0.25, 0.3) is 0 Å². The van der Waals surface area contributed by atoms with Crippen LogP contribution in [0.4, 0.5) is 5.69 Å². The van der Waals surface area contributed by atoms with Crippen LogP contribution in [-0.2, 0) is 6.42 Å². The van der Waals surface area contributed by atoms with Gasteiger partial charge in [-0.05, 0) is 49.6 Å². The first-order valence-corrected chi connectivity index (χ1v) is 8.70. The van der Waals surface area contributed by atoms with Gasteiger partial charge in [-0.3, -0.25) is 9.78 Å². The van der Waals surface area contributed by atoms with Gasteiger partial charge < -0.3 is 10.6 Å². The van der Waals surface area contributed by atoms with Gasteiger partial charge in [-0.15, -0.1) is 0 Å². The van der Waals surface area contributed by atoms with Crippen molar-refractivity contribution in [2.45, 2.75) is 32.7 Å². The quantitative estimate of drug-likeness (QED) is 0.755. The van der Waals surface area contributed by atoms with Gasteiger partial charge >= 0.3 is 0 Å². The molecule has 1 atom stereocenters. The molecule has 128 valence electrons. The Morgan fingerprint density at radius 3 is 2.75 bits per heavy atom. The van der Waals surface area contributed by atoms with Gasteiger partial charge in [0, 0.05) is 34.5 Å². The third kappa shape index (κ3) is 5.39. The molecule has 4 nitrogen and oxygen atoms in total. The highest BCUT2D eigenvalue weighted by Gasteiger charge is 2.09. The fourth-order valence-corrected chi connectivity index (χ4v) is 2.66. The maximum atomic E-state index is 12.2. The predicted molar refractivity (Wildman–Crippen MR) is 100 cm³/mol. The van der Waals surface area contributed by atoms with Crippen LogP contribution in [0.3, 0.4) is 0 Å². The summed E-state index contributed by atoms with van der Waals surface area (Å²) in [6, 6.07) is 9.32. The van der Waals surface area contributed by atoms with Crippen LogP contribution < -0.4 is 10.6 Å². The van der Waals surface area contributed by atoms with Crippen molar-refractivity contribution in [3.8, 4) is 0 Å². The second-order valence-corrected chi connectivity index (χ2v) is 6.47. The third-order valence-corrected chi connectivity index (χ3v) is 4.30. The second kappa shape index (κ2) is 8.90. The molecule has 1 heterocycles. The highest BCUT2D eigenvalue weighted by molar-refractivity contribution is 6.35. The van der Waals surface area contributed by atoms with Gasteiger partial charge in [-0.1, -0.05) is 36.2 Å². The Bertz CT molecular complexity index is 706. The maximum Gasteiger partial charge on any atom is 0.269 e. The van der Waals surface area contributed by atoms with E-state index in [0.29, 0.717) is 34.7 Å². The molecular formula is C18H21Cl2N3O. The zero-order valence-electron chi connectivity index (χ0n) is 13.8. The molecule has 1 unspecified atom stereocenters. The molecule has 6 heteroatoms. The zero-order chi connectivity index (χ0) is 17.5. The van der Waals surface area contributed by atoms with Crippen LogP contribution in [-0.4, -0.2) is 23.5 Å². The number of rotatable bonds is 7. The molecule has 0 fully saturated rings. The van der Waals surface area contributed by atoms with Gasteiger partial charge in [0.05, 0.1) is 0 Å². The molecule has 2 rings (SSSR count). The Morgan fingerprint density at radius 2 is 2.04 bits per heavy atom. The highest BCUT2D eigenvalue weighted by Crippen LogP contribution is 2.21. The average molecular weight is 366 g/mol. The van der Waals surface area contributed by atoms with Crippen molar-refractivity contribution in [2.75, 3.05) is 11.9 Å². The number of anilines is 1. The van der Waals surface area contributed by atoms with Crippen molar-refractivity contribution < 1.29 is 4.79 Å². The van der Waals surface area contributed by atoms with E-state index in [-0.39, 0.29) is 5.91 Å². The van der Waals surface area contributed by atoms with E-state index >= 15 is 0 Å². The van der Waals surface area contributed by atoms with Gasteiger partial charge in [-0.25, -0.2) is 0 Å². The minimum atomic E-state index is -0.201. The van der Waals surface area contributed by atoms with Crippen LogP contribution in [0.5, 0.6) is 0 Å². The minimum absolute atomic E-state index is 0.201. The second-order valence-electron chi connectivity index (χ2n) is 5.63. The number of carbonyl (C=O) groups excluding carboxylic acids is 1. The number of nitrogens with zero attached hydrogens (tertiary/aromatic N) is 1. The minimum Gasteiger partial charge on any atom is -0.382 e. The molecule has 0 bridgehead atoms. The fraction of sp³-hybridized carbons (Fsp3) is 0.333. The molecule has 0 saturated carbocycles. The summed E-state index contributed by atoms with van der Waals surface area (Å²) in [6.07, 6.45) is 3.27.